The van der Waals surface area contributed by atoms with Crippen molar-refractivity contribution in [1.82, 2.24) is 0 Å². The first-order valence-corrected chi connectivity index (χ1v) is 7.97. The summed E-state index contributed by atoms with van der Waals surface area (Å²) in [7, 11) is 0. The number of carbonyl (C=O) groups is 2. The molecule has 1 heterocycles. The highest BCUT2D eigenvalue weighted by molar-refractivity contribution is 5.94. The van der Waals surface area contributed by atoms with E-state index in [9.17, 15) is 9.59 Å². The maximum atomic E-state index is 12.1. The molecule has 1 saturated carbocycles. The molecule has 1 aromatic carbocycles. The number of benzene rings is 1. The zero-order valence-electron chi connectivity index (χ0n) is 12.9. The monoisotopic (exact) mass is 319 g/mol. The molecule has 0 spiro atoms. The van der Waals surface area contributed by atoms with Crippen LogP contribution in [0.5, 0.6) is 0 Å². The smallest absolute Gasteiger partial charge is 0.332 e. The molecule has 1 aliphatic heterocycles. The van der Waals surface area contributed by atoms with E-state index >= 15 is 0 Å². The number of amides is 1. The highest BCUT2D eigenvalue weighted by Gasteiger charge is 2.34. The summed E-state index contributed by atoms with van der Waals surface area (Å²) in [5.74, 6) is -0.598. The quantitative estimate of drug-likeness (QED) is 0.804. The Labute approximate surface area is 134 Å². The minimum atomic E-state index is -1.02. The lowest BCUT2D eigenvalue weighted by atomic mass is 10.1. The SMILES string of the molecule is O=C(Nc1cccc(COCC2CC2)c1)[C@@H]1CC[C@H](C(=O)O)O1. The van der Waals surface area contributed by atoms with Crippen LogP contribution in [0, 0.1) is 5.92 Å². The molecule has 1 amide bonds. The molecule has 2 fully saturated rings. The Balaban J connectivity index is 1.50. The minimum Gasteiger partial charge on any atom is -0.479 e. The Morgan fingerprint density at radius 3 is 2.70 bits per heavy atom. The largest absolute Gasteiger partial charge is 0.479 e. The number of anilines is 1. The third kappa shape index (κ3) is 4.53. The molecule has 2 N–H and O–H groups in total. The first-order valence-electron chi connectivity index (χ1n) is 7.97. The lowest BCUT2D eigenvalue weighted by Crippen LogP contribution is -2.29. The van der Waals surface area contributed by atoms with Crippen LogP contribution in [0.4, 0.5) is 5.69 Å². The number of hydrogen-bond acceptors (Lipinski definition) is 4. The van der Waals surface area contributed by atoms with Gasteiger partial charge in [0.1, 0.15) is 6.10 Å². The van der Waals surface area contributed by atoms with Crippen molar-refractivity contribution in [3.63, 3.8) is 0 Å². The van der Waals surface area contributed by atoms with Crippen molar-refractivity contribution in [3.8, 4) is 0 Å². The van der Waals surface area contributed by atoms with Gasteiger partial charge >= 0.3 is 5.97 Å². The van der Waals surface area contributed by atoms with Crippen molar-refractivity contribution in [2.24, 2.45) is 5.92 Å². The third-order valence-electron chi connectivity index (χ3n) is 4.10. The van der Waals surface area contributed by atoms with Gasteiger partial charge in [-0.1, -0.05) is 12.1 Å². The first kappa shape index (κ1) is 16.0. The van der Waals surface area contributed by atoms with Crippen LogP contribution in [-0.2, 0) is 25.7 Å². The number of aliphatic carboxylic acids is 1. The normalized spacial score (nSPS) is 23.7. The highest BCUT2D eigenvalue weighted by atomic mass is 16.5. The first-order chi connectivity index (χ1) is 11.1. The summed E-state index contributed by atoms with van der Waals surface area (Å²) in [6, 6.07) is 7.48. The zero-order chi connectivity index (χ0) is 16.2. The van der Waals surface area contributed by atoms with Crippen LogP contribution in [-0.4, -0.2) is 35.8 Å². The van der Waals surface area contributed by atoms with E-state index in [1.54, 1.807) is 6.07 Å². The van der Waals surface area contributed by atoms with Crippen LogP contribution in [0.15, 0.2) is 24.3 Å². The van der Waals surface area contributed by atoms with Crippen LogP contribution in [0.25, 0.3) is 0 Å². The van der Waals surface area contributed by atoms with Gasteiger partial charge in [0.05, 0.1) is 6.61 Å². The van der Waals surface area contributed by atoms with Gasteiger partial charge in [-0.15, -0.1) is 0 Å². The fourth-order valence-corrected chi connectivity index (χ4v) is 2.60. The van der Waals surface area contributed by atoms with Gasteiger partial charge in [0.25, 0.3) is 5.91 Å². The Bertz CT molecular complexity index is 584. The minimum absolute atomic E-state index is 0.301. The van der Waals surface area contributed by atoms with Gasteiger partial charge in [-0.2, -0.15) is 0 Å². The van der Waals surface area contributed by atoms with Gasteiger partial charge in [-0.25, -0.2) is 4.79 Å². The topological polar surface area (TPSA) is 84.9 Å². The molecule has 23 heavy (non-hydrogen) atoms. The van der Waals surface area contributed by atoms with Crippen LogP contribution in [0.3, 0.4) is 0 Å². The van der Waals surface area contributed by atoms with E-state index in [0.29, 0.717) is 25.1 Å². The van der Waals surface area contributed by atoms with E-state index in [1.807, 2.05) is 18.2 Å². The van der Waals surface area contributed by atoms with Gasteiger partial charge in [-0.05, 0) is 49.3 Å². The third-order valence-corrected chi connectivity index (χ3v) is 4.10. The van der Waals surface area contributed by atoms with E-state index in [-0.39, 0.29) is 5.91 Å². The molecule has 6 nitrogen and oxygen atoms in total. The molecule has 1 aliphatic carbocycles. The second-order valence-corrected chi connectivity index (χ2v) is 6.18. The van der Waals surface area contributed by atoms with Crippen molar-refractivity contribution in [3.05, 3.63) is 29.8 Å². The average molecular weight is 319 g/mol. The summed E-state index contributed by atoms with van der Waals surface area (Å²) in [4.78, 5) is 23.0. The predicted octanol–water partition coefficient (Wildman–Crippen LogP) is 2.18. The van der Waals surface area contributed by atoms with Crippen LogP contribution in [0.2, 0.25) is 0 Å². The molecule has 1 aromatic rings. The molecule has 2 aliphatic rings. The lowest BCUT2D eigenvalue weighted by Gasteiger charge is -2.12. The summed E-state index contributed by atoms with van der Waals surface area (Å²) >= 11 is 0. The van der Waals surface area contributed by atoms with E-state index in [2.05, 4.69) is 5.32 Å². The van der Waals surface area contributed by atoms with E-state index in [1.165, 1.54) is 12.8 Å². The lowest BCUT2D eigenvalue weighted by molar-refractivity contribution is -0.150. The number of carbonyl (C=O) groups excluding carboxylic acids is 1. The summed E-state index contributed by atoms with van der Waals surface area (Å²) in [6.45, 7) is 1.32. The second-order valence-electron chi connectivity index (χ2n) is 6.18. The van der Waals surface area contributed by atoms with E-state index < -0.39 is 18.2 Å². The number of rotatable bonds is 7. The van der Waals surface area contributed by atoms with Crippen molar-refractivity contribution in [1.29, 1.82) is 0 Å². The summed E-state index contributed by atoms with van der Waals surface area (Å²) in [6.07, 6.45) is 1.72. The van der Waals surface area contributed by atoms with Gasteiger partial charge < -0.3 is 19.9 Å². The van der Waals surface area contributed by atoms with Gasteiger partial charge in [0.15, 0.2) is 6.10 Å². The number of hydrogen-bond donors (Lipinski definition) is 2. The Kier molecular flexibility index (Phi) is 4.93. The van der Waals surface area contributed by atoms with Gasteiger partial charge in [0, 0.05) is 12.3 Å². The van der Waals surface area contributed by atoms with Crippen LogP contribution < -0.4 is 5.32 Å². The molecular weight excluding hydrogens is 298 g/mol. The second kappa shape index (κ2) is 7.10. The molecule has 6 heteroatoms. The van der Waals surface area contributed by atoms with E-state index in [4.69, 9.17) is 14.6 Å². The predicted molar refractivity (Wildman–Crippen MR) is 83.0 cm³/mol. The van der Waals surface area contributed by atoms with Crippen LogP contribution >= 0.6 is 0 Å². The number of nitrogens with one attached hydrogen (secondary N) is 1. The highest BCUT2D eigenvalue weighted by Crippen LogP contribution is 2.29. The average Bonchev–Trinajstić information content (AvgIpc) is 3.20. The maximum absolute atomic E-state index is 12.1. The van der Waals surface area contributed by atoms with Crippen molar-refractivity contribution < 1.29 is 24.2 Å². The fourth-order valence-electron chi connectivity index (χ4n) is 2.60. The number of carboxylic acid groups (broad SMARTS) is 1. The summed E-state index contributed by atoms with van der Waals surface area (Å²) < 4.78 is 10.9. The molecule has 0 bridgehead atoms. The molecule has 124 valence electrons. The molecule has 1 saturated heterocycles. The van der Waals surface area contributed by atoms with Crippen molar-refractivity contribution in [2.75, 3.05) is 11.9 Å². The number of carboxylic acids is 1. The Morgan fingerprint density at radius 1 is 1.22 bits per heavy atom. The zero-order valence-corrected chi connectivity index (χ0v) is 12.9. The standard InChI is InChI=1S/C17H21NO5/c19-16(14-6-7-15(23-14)17(20)21)18-13-3-1-2-12(8-13)10-22-9-11-4-5-11/h1-3,8,11,14-15H,4-7,9-10H2,(H,18,19)(H,20,21)/t14-,15+/m0/s1. The Morgan fingerprint density at radius 2 is 2.00 bits per heavy atom. The van der Waals surface area contributed by atoms with E-state index in [0.717, 1.165) is 18.1 Å². The maximum Gasteiger partial charge on any atom is 0.332 e. The fraction of sp³-hybridized carbons (Fsp3) is 0.529. The molecule has 2 atom stereocenters. The molecule has 3 rings (SSSR count). The van der Waals surface area contributed by atoms with Gasteiger partial charge in [0.2, 0.25) is 0 Å². The summed E-state index contributed by atoms with van der Waals surface area (Å²) in [5.41, 5.74) is 1.67. The molecule has 0 aromatic heterocycles. The molecule has 0 unspecified atom stereocenters. The Hall–Kier alpha value is -1.92. The number of ether oxygens (including phenoxy) is 2. The molecule has 0 radical (unpaired) electrons. The van der Waals surface area contributed by atoms with Crippen molar-refractivity contribution >= 4 is 17.6 Å². The van der Waals surface area contributed by atoms with Crippen LogP contribution in [0.1, 0.15) is 31.2 Å². The summed E-state index contributed by atoms with van der Waals surface area (Å²) in [5, 5.41) is 11.7. The van der Waals surface area contributed by atoms with Gasteiger partial charge in [-0.3, -0.25) is 4.79 Å². The van der Waals surface area contributed by atoms with Crippen molar-refractivity contribution in [2.45, 2.75) is 44.5 Å². The molecular formula is C17H21NO5.